The summed E-state index contributed by atoms with van der Waals surface area (Å²) in [5.41, 5.74) is 0.916. The Morgan fingerprint density at radius 3 is 2.86 bits per heavy atom. The van der Waals surface area contributed by atoms with Gasteiger partial charge in [-0.3, -0.25) is 0 Å². The molecule has 1 aromatic heterocycles. The van der Waals surface area contributed by atoms with E-state index in [4.69, 9.17) is 0 Å². The smallest absolute Gasteiger partial charge is 0.240 e. The number of tetrazole rings is 1. The van der Waals surface area contributed by atoms with Gasteiger partial charge >= 0.3 is 0 Å². The number of benzene rings is 1. The Kier molecular flexibility index (Phi) is 4.99. The molecular formula is C12H18N6O2S. The number of nitrogens with zero attached hydrogens (tertiary/aromatic N) is 3. The van der Waals surface area contributed by atoms with Gasteiger partial charge in [-0.1, -0.05) is 24.3 Å². The van der Waals surface area contributed by atoms with Gasteiger partial charge in [0.1, 0.15) is 0 Å². The van der Waals surface area contributed by atoms with Crippen LogP contribution in [-0.4, -0.2) is 35.6 Å². The van der Waals surface area contributed by atoms with Crippen molar-refractivity contribution in [2.24, 2.45) is 0 Å². The van der Waals surface area contributed by atoms with Crippen LogP contribution in [0.4, 0.5) is 0 Å². The van der Waals surface area contributed by atoms with E-state index in [1.807, 2.05) is 19.9 Å². The number of hydrogen-bond donors (Lipinski definition) is 3. The third-order valence-electron chi connectivity index (χ3n) is 2.99. The molecule has 21 heavy (non-hydrogen) atoms. The molecule has 0 saturated carbocycles. The molecule has 3 N–H and O–H groups in total. The second kappa shape index (κ2) is 6.74. The van der Waals surface area contributed by atoms with E-state index in [9.17, 15) is 8.42 Å². The highest BCUT2D eigenvalue weighted by molar-refractivity contribution is 7.89. The van der Waals surface area contributed by atoms with Gasteiger partial charge in [0.05, 0.1) is 11.4 Å². The molecule has 0 aliphatic rings. The van der Waals surface area contributed by atoms with Gasteiger partial charge in [-0.05, 0) is 31.2 Å². The molecule has 1 aromatic carbocycles. The Morgan fingerprint density at radius 2 is 2.19 bits per heavy atom. The fraction of sp³-hybridized carbons (Fsp3) is 0.417. The monoisotopic (exact) mass is 310 g/mol. The van der Waals surface area contributed by atoms with E-state index in [-0.39, 0.29) is 23.3 Å². The minimum Gasteiger partial charge on any atom is -0.310 e. The topological polar surface area (TPSA) is 113 Å². The maximum Gasteiger partial charge on any atom is 0.240 e. The SMILES string of the molecule is CCNC(C)c1cccc(S(=O)(=O)NCc2nn[nH]n2)c1. The summed E-state index contributed by atoms with van der Waals surface area (Å²) in [6.45, 7) is 4.80. The predicted octanol–water partition coefficient (Wildman–Crippen LogP) is 0.349. The summed E-state index contributed by atoms with van der Waals surface area (Å²) in [5, 5.41) is 16.3. The average molecular weight is 310 g/mol. The van der Waals surface area contributed by atoms with Crippen LogP contribution in [0.25, 0.3) is 0 Å². The molecule has 0 bridgehead atoms. The van der Waals surface area contributed by atoms with Crippen molar-refractivity contribution in [2.75, 3.05) is 6.54 Å². The summed E-state index contributed by atoms with van der Waals surface area (Å²) in [4.78, 5) is 0.216. The number of aromatic amines is 1. The molecule has 0 spiro atoms. The van der Waals surface area contributed by atoms with Crippen molar-refractivity contribution in [3.8, 4) is 0 Å². The van der Waals surface area contributed by atoms with Gasteiger partial charge < -0.3 is 5.32 Å². The maximum absolute atomic E-state index is 12.2. The Balaban J connectivity index is 2.14. The normalized spacial score (nSPS) is 13.2. The lowest BCUT2D eigenvalue weighted by molar-refractivity contribution is 0.577. The van der Waals surface area contributed by atoms with Gasteiger partial charge in [0.2, 0.25) is 10.0 Å². The van der Waals surface area contributed by atoms with E-state index in [1.165, 1.54) is 0 Å². The molecule has 0 radical (unpaired) electrons. The molecule has 0 aliphatic carbocycles. The fourth-order valence-corrected chi connectivity index (χ4v) is 2.91. The zero-order valence-corrected chi connectivity index (χ0v) is 12.7. The van der Waals surface area contributed by atoms with Crippen molar-refractivity contribution < 1.29 is 8.42 Å². The van der Waals surface area contributed by atoms with E-state index in [0.717, 1.165) is 12.1 Å². The summed E-state index contributed by atoms with van der Waals surface area (Å²) in [5.74, 6) is 0.288. The number of rotatable bonds is 7. The van der Waals surface area contributed by atoms with Crippen molar-refractivity contribution in [2.45, 2.75) is 31.3 Å². The summed E-state index contributed by atoms with van der Waals surface area (Å²) >= 11 is 0. The average Bonchev–Trinajstić information content (AvgIpc) is 2.99. The van der Waals surface area contributed by atoms with Crippen molar-refractivity contribution in [3.63, 3.8) is 0 Å². The van der Waals surface area contributed by atoms with Crippen molar-refractivity contribution >= 4 is 10.0 Å². The van der Waals surface area contributed by atoms with Crippen molar-refractivity contribution in [1.82, 2.24) is 30.7 Å². The Morgan fingerprint density at radius 1 is 1.38 bits per heavy atom. The van der Waals surface area contributed by atoms with Crippen LogP contribution >= 0.6 is 0 Å². The van der Waals surface area contributed by atoms with E-state index in [2.05, 4.69) is 30.7 Å². The first-order chi connectivity index (χ1) is 10.0. The number of sulfonamides is 1. The van der Waals surface area contributed by atoms with Gasteiger partial charge in [-0.25, -0.2) is 13.1 Å². The first-order valence-electron chi connectivity index (χ1n) is 6.58. The zero-order chi connectivity index (χ0) is 15.3. The molecule has 8 nitrogen and oxygen atoms in total. The molecule has 0 fully saturated rings. The third kappa shape index (κ3) is 4.06. The maximum atomic E-state index is 12.2. The second-order valence-corrected chi connectivity index (χ2v) is 6.27. The highest BCUT2D eigenvalue weighted by atomic mass is 32.2. The second-order valence-electron chi connectivity index (χ2n) is 4.50. The largest absolute Gasteiger partial charge is 0.310 e. The molecule has 9 heteroatoms. The fourth-order valence-electron chi connectivity index (χ4n) is 1.88. The Hall–Kier alpha value is -1.84. The lowest BCUT2D eigenvalue weighted by Gasteiger charge is -2.14. The van der Waals surface area contributed by atoms with Crippen molar-refractivity contribution in [1.29, 1.82) is 0 Å². The molecule has 1 atom stereocenters. The Labute approximate surface area is 123 Å². The molecular weight excluding hydrogens is 292 g/mol. The highest BCUT2D eigenvalue weighted by Crippen LogP contribution is 2.17. The summed E-state index contributed by atoms with van der Waals surface area (Å²) in [6.07, 6.45) is 0. The van der Waals surface area contributed by atoms with Gasteiger partial charge in [-0.15, -0.1) is 10.2 Å². The summed E-state index contributed by atoms with van der Waals surface area (Å²) in [7, 11) is -3.61. The third-order valence-corrected chi connectivity index (χ3v) is 4.39. The molecule has 1 heterocycles. The lowest BCUT2D eigenvalue weighted by Crippen LogP contribution is -2.24. The van der Waals surface area contributed by atoms with Crippen molar-refractivity contribution in [3.05, 3.63) is 35.7 Å². The minimum absolute atomic E-state index is 0.00811. The van der Waals surface area contributed by atoms with Gasteiger partial charge in [-0.2, -0.15) is 5.21 Å². The molecule has 0 amide bonds. The molecule has 114 valence electrons. The number of aromatic nitrogens is 4. The van der Waals surface area contributed by atoms with E-state index in [1.54, 1.807) is 18.2 Å². The van der Waals surface area contributed by atoms with E-state index in [0.29, 0.717) is 0 Å². The van der Waals surface area contributed by atoms with Gasteiger partial charge in [0, 0.05) is 6.04 Å². The standard InChI is InChI=1S/C12H18N6O2S/c1-3-13-9(2)10-5-4-6-11(7-10)21(19,20)14-8-12-15-17-18-16-12/h4-7,9,13-14H,3,8H2,1-2H3,(H,15,16,17,18). The van der Waals surface area contributed by atoms with Crippen LogP contribution in [0, 0.1) is 0 Å². The van der Waals surface area contributed by atoms with Gasteiger partial charge in [0.25, 0.3) is 0 Å². The van der Waals surface area contributed by atoms with Crippen LogP contribution < -0.4 is 10.0 Å². The Bertz CT molecular complexity index is 671. The molecule has 2 rings (SSSR count). The van der Waals surface area contributed by atoms with Crippen LogP contribution in [0.3, 0.4) is 0 Å². The molecule has 0 aliphatic heterocycles. The number of nitrogens with one attached hydrogen (secondary N) is 3. The summed E-state index contributed by atoms with van der Waals surface area (Å²) in [6, 6.07) is 6.92. The van der Waals surface area contributed by atoms with Gasteiger partial charge in [0.15, 0.2) is 5.82 Å². The zero-order valence-electron chi connectivity index (χ0n) is 11.9. The summed E-state index contributed by atoms with van der Waals surface area (Å²) < 4.78 is 26.9. The highest BCUT2D eigenvalue weighted by Gasteiger charge is 2.16. The number of hydrogen-bond acceptors (Lipinski definition) is 6. The van der Waals surface area contributed by atoms with E-state index < -0.39 is 10.0 Å². The lowest BCUT2D eigenvalue weighted by atomic mass is 10.1. The van der Waals surface area contributed by atoms with Crippen LogP contribution in [0.2, 0.25) is 0 Å². The van der Waals surface area contributed by atoms with Crippen LogP contribution in [0.1, 0.15) is 31.3 Å². The van der Waals surface area contributed by atoms with Crippen LogP contribution in [-0.2, 0) is 16.6 Å². The molecule has 2 aromatic rings. The first-order valence-corrected chi connectivity index (χ1v) is 8.06. The van der Waals surface area contributed by atoms with E-state index >= 15 is 0 Å². The minimum atomic E-state index is -3.61. The first kappa shape index (κ1) is 15.5. The van der Waals surface area contributed by atoms with Crippen LogP contribution in [0.5, 0.6) is 0 Å². The van der Waals surface area contributed by atoms with Crippen LogP contribution in [0.15, 0.2) is 29.2 Å². The number of H-pyrrole nitrogens is 1. The molecule has 0 saturated heterocycles. The molecule has 1 unspecified atom stereocenters. The predicted molar refractivity (Wildman–Crippen MR) is 76.7 cm³/mol. The quantitative estimate of drug-likeness (QED) is 0.680.